The number of imidazole rings is 1. The van der Waals surface area contributed by atoms with Crippen LogP contribution in [0, 0.1) is 0 Å². The van der Waals surface area contributed by atoms with Gasteiger partial charge in [0.25, 0.3) is 11.5 Å². The predicted octanol–water partition coefficient (Wildman–Crippen LogP) is 0.656. The van der Waals surface area contributed by atoms with Crippen molar-refractivity contribution in [1.29, 1.82) is 0 Å². The molecule has 11 heteroatoms. The van der Waals surface area contributed by atoms with Crippen LogP contribution in [0.4, 0.5) is 0 Å². The van der Waals surface area contributed by atoms with Crippen molar-refractivity contribution in [3.8, 4) is 0 Å². The van der Waals surface area contributed by atoms with Crippen LogP contribution in [-0.4, -0.2) is 56.9 Å². The highest BCUT2D eigenvalue weighted by molar-refractivity contribution is 5.80. The summed E-state index contributed by atoms with van der Waals surface area (Å²) in [6.45, 7) is -0.236. The van der Waals surface area contributed by atoms with Gasteiger partial charge in [-0.05, 0) is 18.4 Å². The SMILES string of the molecule is COCCn1cnc2c1c(=O)n(CC(=O)OCC(=O)NC1CCCC1)c(=O)n2Cc1ccccc1. The van der Waals surface area contributed by atoms with E-state index in [0.717, 1.165) is 35.8 Å². The Morgan fingerprint density at radius 3 is 2.57 bits per heavy atom. The molecule has 0 atom stereocenters. The van der Waals surface area contributed by atoms with Crippen LogP contribution < -0.4 is 16.6 Å². The normalized spacial score (nSPS) is 13.9. The van der Waals surface area contributed by atoms with Crippen LogP contribution >= 0.6 is 0 Å². The van der Waals surface area contributed by atoms with Crippen molar-refractivity contribution < 1.29 is 19.1 Å². The third-order valence-corrected chi connectivity index (χ3v) is 6.08. The molecular weight excluding hydrogens is 454 g/mol. The molecule has 35 heavy (non-hydrogen) atoms. The Bertz CT molecular complexity index is 1300. The first-order valence-corrected chi connectivity index (χ1v) is 11.6. The molecule has 1 saturated carbocycles. The lowest BCUT2D eigenvalue weighted by atomic mass is 10.2. The Hall–Kier alpha value is -3.73. The molecular formula is C24H29N5O6. The van der Waals surface area contributed by atoms with Crippen LogP contribution in [0.2, 0.25) is 0 Å². The summed E-state index contributed by atoms with van der Waals surface area (Å²) in [7, 11) is 1.54. The van der Waals surface area contributed by atoms with Gasteiger partial charge in [-0.2, -0.15) is 0 Å². The van der Waals surface area contributed by atoms with Crippen LogP contribution in [0.1, 0.15) is 31.2 Å². The van der Waals surface area contributed by atoms with E-state index >= 15 is 0 Å². The molecule has 0 aliphatic heterocycles. The second-order valence-corrected chi connectivity index (χ2v) is 8.56. The molecule has 0 radical (unpaired) electrons. The number of amides is 1. The van der Waals surface area contributed by atoms with E-state index in [2.05, 4.69) is 10.3 Å². The Balaban J connectivity index is 1.60. The van der Waals surface area contributed by atoms with E-state index in [9.17, 15) is 19.2 Å². The predicted molar refractivity (Wildman–Crippen MR) is 127 cm³/mol. The van der Waals surface area contributed by atoms with Crippen molar-refractivity contribution in [2.24, 2.45) is 0 Å². The summed E-state index contributed by atoms with van der Waals surface area (Å²) in [4.78, 5) is 55.5. The first kappa shape index (κ1) is 24.4. The molecule has 11 nitrogen and oxygen atoms in total. The number of carbonyl (C=O) groups excluding carboxylic acids is 2. The lowest BCUT2D eigenvalue weighted by Gasteiger charge is -2.14. The first-order valence-electron chi connectivity index (χ1n) is 11.6. The van der Waals surface area contributed by atoms with E-state index in [1.165, 1.54) is 10.9 Å². The molecule has 0 unspecified atom stereocenters. The van der Waals surface area contributed by atoms with Gasteiger partial charge in [-0.15, -0.1) is 0 Å². The fourth-order valence-corrected chi connectivity index (χ4v) is 4.31. The lowest BCUT2D eigenvalue weighted by Crippen LogP contribution is -2.43. The highest BCUT2D eigenvalue weighted by Gasteiger charge is 2.22. The summed E-state index contributed by atoms with van der Waals surface area (Å²) in [5, 5.41) is 2.83. The fourth-order valence-electron chi connectivity index (χ4n) is 4.31. The van der Waals surface area contributed by atoms with Gasteiger partial charge in [-0.3, -0.25) is 19.0 Å². The number of nitrogens with one attached hydrogen (secondary N) is 1. The average molecular weight is 484 g/mol. The van der Waals surface area contributed by atoms with Crippen LogP contribution in [0.15, 0.2) is 46.2 Å². The molecule has 2 heterocycles. The minimum Gasteiger partial charge on any atom is -0.454 e. The maximum absolute atomic E-state index is 13.3. The number of fused-ring (bicyclic) bond motifs is 1. The number of nitrogens with zero attached hydrogens (tertiary/aromatic N) is 4. The third-order valence-electron chi connectivity index (χ3n) is 6.08. The average Bonchev–Trinajstić information content (AvgIpc) is 3.52. The largest absolute Gasteiger partial charge is 0.454 e. The number of aromatic nitrogens is 4. The topological polar surface area (TPSA) is 126 Å². The fraction of sp³-hybridized carbons (Fsp3) is 0.458. The van der Waals surface area contributed by atoms with Gasteiger partial charge in [0.15, 0.2) is 17.8 Å². The van der Waals surface area contributed by atoms with Gasteiger partial charge in [0.1, 0.15) is 6.54 Å². The number of rotatable bonds is 10. The number of hydrogen-bond donors (Lipinski definition) is 1. The minimum absolute atomic E-state index is 0.101. The molecule has 0 bridgehead atoms. The minimum atomic E-state index is -0.848. The number of esters is 1. The molecule has 0 saturated heterocycles. The van der Waals surface area contributed by atoms with Crippen molar-refractivity contribution in [2.45, 2.75) is 51.4 Å². The zero-order valence-corrected chi connectivity index (χ0v) is 19.6. The third kappa shape index (κ3) is 5.68. The summed E-state index contributed by atoms with van der Waals surface area (Å²) in [6, 6.07) is 9.36. The molecule has 3 aromatic rings. The van der Waals surface area contributed by atoms with E-state index in [1.54, 1.807) is 11.7 Å². The monoisotopic (exact) mass is 483 g/mol. The number of ether oxygens (including phenoxy) is 2. The quantitative estimate of drug-likeness (QED) is 0.420. The zero-order chi connectivity index (χ0) is 24.8. The van der Waals surface area contributed by atoms with E-state index < -0.39 is 36.3 Å². The molecule has 4 rings (SSSR count). The summed E-state index contributed by atoms with van der Waals surface area (Å²) < 4.78 is 14.0. The molecule has 1 fully saturated rings. The molecule has 0 spiro atoms. The number of carbonyl (C=O) groups is 2. The molecule has 1 aliphatic carbocycles. The van der Waals surface area contributed by atoms with Gasteiger partial charge in [0.2, 0.25) is 0 Å². The number of methoxy groups -OCH3 is 1. The second kappa shape index (κ2) is 11.1. The van der Waals surface area contributed by atoms with E-state index in [1.807, 2.05) is 30.3 Å². The van der Waals surface area contributed by atoms with Crippen molar-refractivity contribution >= 4 is 23.0 Å². The molecule has 2 aromatic heterocycles. The number of benzene rings is 1. The molecule has 1 amide bonds. The molecule has 1 N–H and O–H groups in total. The lowest BCUT2D eigenvalue weighted by molar-refractivity contribution is -0.149. The summed E-state index contributed by atoms with van der Waals surface area (Å²) in [5.74, 6) is -1.24. The standard InChI is InChI=1S/C24H29N5O6/c1-34-12-11-27-16-25-22-21(27)23(32)29(24(33)28(22)13-17-7-3-2-4-8-17)14-20(31)35-15-19(30)26-18-9-5-6-10-18/h2-4,7-8,16,18H,5-6,9-15H2,1H3,(H,26,30). The van der Waals surface area contributed by atoms with Gasteiger partial charge >= 0.3 is 11.7 Å². The highest BCUT2D eigenvalue weighted by atomic mass is 16.5. The summed E-state index contributed by atoms with van der Waals surface area (Å²) in [5.41, 5.74) is -0.102. The maximum Gasteiger partial charge on any atom is 0.333 e. The van der Waals surface area contributed by atoms with Gasteiger partial charge in [-0.25, -0.2) is 14.3 Å². The van der Waals surface area contributed by atoms with Crippen molar-refractivity contribution in [2.75, 3.05) is 20.3 Å². The summed E-state index contributed by atoms with van der Waals surface area (Å²) in [6.07, 6.45) is 5.42. The Morgan fingerprint density at radius 1 is 1.11 bits per heavy atom. The van der Waals surface area contributed by atoms with E-state index in [0.29, 0.717) is 13.2 Å². The van der Waals surface area contributed by atoms with Gasteiger partial charge in [0, 0.05) is 19.7 Å². The van der Waals surface area contributed by atoms with Crippen LogP contribution in [-0.2, 0) is 38.7 Å². The Labute approximate surface area is 201 Å². The van der Waals surface area contributed by atoms with Gasteiger partial charge in [-0.1, -0.05) is 43.2 Å². The molecule has 1 aromatic carbocycles. The maximum atomic E-state index is 13.3. The first-order chi connectivity index (χ1) is 17.0. The van der Waals surface area contributed by atoms with Crippen LogP contribution in [0.5, 0.6) is 0 Å². The van der Waals surface area contributed by atoms with E-state index in [4.69, 9.17) is 9.47 Å². The second-order valence-electron chi connectivity index (χ2n) is 8.56. The molecule has 1 aliphatic rings. The molecule has 186 valence electrons. The van der Waals surface area contributed by atoms with Gasteiger partial charge in [0.05, 0.1) is 19.5 Å². The Morgan fingerprint density at radius 2 is 1.86 bits per heavy atom. The van der Waals surface area contributed by atoms with E-state index in [-0.39, 0.29) is 23.8 Å². The Kier molecular flexibility index (Phi) is 7.76. The highest BCUT2D eigenvalue weighted by Crippen LogP contribution is 2.17. The van der Waals surface area contributed by atoms with Crippen LogP contribution in [0.25, 0.3) is 11.2 Å². The van der Waals surface area contributed by atoms with Crippen LogP contribution in [0.3, 0.4) is 0 Å². The van der Waals surface area contributed by atoms with Crippen molar-refractivity contribution in [3.05, 3.63) is 63.1 Å². The number of hydrogen-bond acceptors (Lipinski definition) is 7. The van der Waals surface area contributed by atoms with Gasteiger partial charge < -0.3 is 19.4 Å². The zero-order valence-electron chi connectivity index (χ0n) is 19.6. The smallest absolute Gasteiger partial charge is 0.333 e. The summed E-state index contributed by atoms with van der Waals surface area (Å²) >= 11 is 0. The van der Waals surface area contributed by atoms with Crippen molar-refractivity contribution in [1.82, 2.24) is 24.0 Å². The van der Waals surface area contributed by atoms with Crippen molar-refractivity contribution in [3.63, 3.8) is 0 Å².